The van der Waals surface area contributed by atoms with Crippen molar-refractivity contribution in [3.8, 4) is 0 Å². The summed E-state index contributed by atoms with van der Waals surface area (Å²) < 4.78 is 10.9. The van der Waals surface area contributed by atoms with Gasteiger partial charge in [0.2, 0.25) is 11.8 Å². The summed E-state index contributed by atoms with van der Waals surface area (Å²) in [5, 5.41) is 0. The summed E-state index contributed by atoms with van der Waals surface area (Å²) in [4.78, 5) is 53.1. The van der Waals surface area contributed by atoms with Crippen LogP contribution in [0, 0.1) is 0 Å². The van der Waals surface area contributed by atoms with Crippen LogP contribution in [-0.2, 0) is 28.7 Å². The Hall–Kier alpha value is -2.38. The lowest BCUT2D eigenvalue weighted by molar-refractivity contribution is -0.163. The summed E-state index contributed by atoms with van der Waals surface area (Å²) in [6.45, 7) is 11.9. The second kappa shape index (κ2) is 10.5. The summed E-state index contributed by atoms with van der Waals surface area (Å²) in [5.74, 6) is -1.06. The van der Waals surface area contributed by atoms with E-state index in [0.717, 1.165) is 12.8 Å². The Bertz CT molecular complexity index is 685. The Morgan fingerprint density at radius 1 is 0.719 bits per heavy atom. The molecule has 0 aliphatic carbocycles. The predicted octanol–water partition coefficient (Wildman–Crippen LogP) is 2.99. The standard InChI is InChI=1S/C24H38N2O6/c1-23(2,3)31-21(29)17-11-9-15-25(17)19(27)13-7-8-14-20(28)26-16-10-12-18(26)22(30)32-24(4,5)6/h7-8,17-18H,9-16H2,1-6H3/t17-,18-/m1/s1. The van der Waals surface area contributed by atoms with Crippen LogP contribution in [0.3, 0.4) is 0 Å². The van der Waals surface area contributed by atoms with Crippen LogP contribution < -0.4 is 0 Å². The van der Waals surface area contributed by atoms with Crippen LogP contribution in [0.15, 0.2) is 12.2 Å². The van der Waals surface area contributed by atoms with Crippen molar-refractivity contribution in [2.75, 3.05) is 13.1 Å². The number of carbonyl (C=O) groups is 4. The van der Waals surface area contributed by atoms with E-state index in [1.165, 1.54) is 0 Å². The summed E-state index contributed by atoms with van der Waals surface area (Å²) in [6, 6.07) is -1.09. The first-order chi connectivity index (χ1) is 14.8. The first-order valence-electron chi connectivity index (χ1n) is 11.5. The van der Waals surface area contributed by atoms with Gasteiger partial charge in [0.25, 0.3) is 0 Å². The molecule has 0 aromatic rings. The Labute approximate surface area is 191 Å². The molecule has 0 radical (unpaired) electrons. The van der Waals surface area contributed by atoms with Crippen molar-refractivity contribution in [1.29, 1.82) is 0 Å². The number of nitrogens with zero attached hydrogens (tertiary/aromatic N) is 2. The van der Waals surface area contributed by atoms with Crippen molar-refractivity contribution in [2.24, 2.45) is 0 Å². The van der Waals surface area contributed by atoms with Crippen LogP contribution in [0.4, 0.5) is 0 Å². The van der Waals surface area contributed by atoms with E-state index in [2.05, 4.69) is 0 Å². The minimum atomic E-state index is -0.596. The molecule has 32 heavy (non-hydrogen) atoms. The van der Waals surface area contributed by atoms with E-state index in [9.17, 15) is 19.2 Å². The molecule has 0 aromatic heterocycles. The highest BCUT2D eigenvalue weighted by Gasteiger charge is 2.37. The summed E-state index contributed by atoms with van der Waals surface area (Å²) in [5.41, 5.74) is -1.19. The molecule has 0 spiro atoms. The number of amides is 2. The summed E-state index contributed by atoms with van der Waals surface area (Å²) >= 11 is 0. The third kappa shape index (κ3) is 7.64. The van der Waals surface area contributed by atoms with Gasteiger partial charge in [0.15, 0.2) is 0 Å². The molecule has 2 aliphatic rings. The highest BCUT2D eigenvalue weighted by atomic mass is 16.6. The summed E-state index contributed by atoms with van der Waals surface area (Å²) in [6.07, 6.45) is 6.27. The maximum Gasteiger partial charge on any atom is 0.329 e. The lowest BCUT2D eigenvalue weighted by Gasteiger charge is -2.27. The average Bonchev–Trinajstić information content (AvgIpc) is 3.31. The molecule has 8 nitrogen and oxygen atoms in total. The third-order valence-corrected chi connectivity index (χ3v) is 5.26. The van der Waals surface area contributed by atoms with Crippen molar-refractivity contribution in [2.45, 2.75) is 103 Å². The van der Waals surface area contributed by atoms with Gasteiger partial charge in [-0.1, -0.05) is 12.2 Å². The molecule has 2 saturated heterocycles. The van der Waals surface area contributed by atoms with Gasteiger partial charge >= 0.3 is 11.9 Å². The molecule has 2 rings (SSSR count). The molecule has 2 amide bonds. The van der Waals surface area contributed by atoms with E-state index < -0.39 is 23.3 Å². The van der Waals surface area contributed by atoms with Gasteiger partial charge in [-0.15, -0.1) is 0 Å². The lowest BCUT2D eigenvalue weighted by atomic mass is 10.1. The molecular weight excluding hydrogens is 412 g/mol. The molecule has 8 heteroatoms. The van der Waals surface area contributed by atoms with Gasteiger partial charge in [-0.25, -0.2) is 9.59 Å². The molecule has 0 bridgehead atoms. The largest absolute Gasteiger partial charge is 0.458 e. The number of carbonyl (C=O) groups excluding carboxylic acids is 4. The smallest absolute Gasteiger partial charge is 0.329 e. The normalized spacial score (nSPS) is 21.8. The second-order valence-corrected chi connectivity index (χ2v) is 10.4. The Morgan fingerprint density at radius 3 is 1.38 bits per heavy atom. The fourth-order valence-corrected chi connectivity index (χ4v) is 3.96. The quantitative estimate of drug-likeness (QED) is 0.456. The molecule has 2 fully saturated rings. The number of esters is 2. The van der Waals surface area contributed by atoms with Crippen molar-refractivity contribution in [3.05, 3.63) is 12.2 Å². The Kier molecular flexibility index (Phi) is 8.48. The third-order valence-electron chi connectivity index (χ3n) is 5.26. The highest BCUT2D eigenvalue weighted by Crippen LogP contribution is 2.23. The zero-order valence-corrected chi connectivity index (χ0v) is 20.3. The highest BCUT2D eigenvalue weighted by molar-refractivity contribution is 5.87. The second-order valence-electron chi connectivity index (χ2n) is 10.4. The van der Waals surface area contributed by atoms with E-state index in [4.69, 9.17) is 9.47 Å². The van der Waals surface area contributed by atoms with Gasteiger partial charge in [0.05, 0.1) is 0 Å². The lowest BCUT2D eigenvalue weighted by Crippen LogP contribution is -2.43. The van der Waals surface area contributed by atoms with Gasteiger partial charge in [-0.05, 0) is 67.2 Å². The van der Waals surface area contributed by atoms with Gasteiger partial charge in [0.1, 0.15) is 23.3 Å². The molecule has 0 N–H and O–H groups in total. The maximum absolute atomic E-state index is 12.6. The van der Waals surface area contributed by atoms with Gasteiger partial charge in [-0.2, -0.15) is 0 Å². The zero-order valence-electron chi connectivity index (χ0n) is 20.3. The number of likely N-dealkylation sites (tertiary alicyclic amines) is 2. The number of rotatable bonds is 6. The zero-order chi connectivity index (χ0) is 24.1. The van der Waals surface area contributed by atoms with Gasteiger partial charge in [0, 0.05) is 25.9 Å². The monoisotopic (exact) mass is 450 g/mol. The van der Waals surface area contributed by atoms with Crippen LogP contribution in [0.25, 0.3) is 0 Å². The fourth-order valence-electron chi connectivity index (χ4n) is 3.96. The Balaban J connectivity index is 1.85. The van der Waals surface area contributed by atoms with Crippen molar-refractivity contribution in [1.82, 2.24) is 9.80 Å². The first-order valence-corrected chi connectivity index (χ1v) is 11.5. The van der Waals surface area contributed by atoms with Crippen molar-refractivity contribution < 1.29 is 28.7 Å². The number of hydrogen-bond donors (Lipinski definition) is 0. The van der Waals surface area contributed by atoms with Crippen molar-refractivity contribution in [3.63, 3.8) is 0 Å². The van der Waals surface area contributed by atoms with Crippen LogP contribution in [0.2, 0.25) is 0 Å². The molecular formula is C24H38N2O6. The van der Waals surface area contributed by atoms with Gasteiger partial charge in [-0.3, -0.25) is 9.59 Å². The van der Waals surface area contributed by atoms with E-state index in [0.29, 0.717) is 25.9 Å². The first kappa shape index (κ1) is 25.9. The molecule has 2 atom stereocenters. The van der Waals surface area contributed by atoms with E-state index in [1.807, 2.05) is 0 Å². The fraction of sp³-hybridized carbons (Fsp3) is 0.750. The van der Waals surface area contributed by atoms with E-state index in [-0.39, 0.29) is 36.6 Å². The number of ether oxygens (including phenoxy) is 2. The predicted molar refractivity (Wildman–Crippen MR) is 120 cm³/mol. The minimum Gasteiger partial charge on any atom is -0.458 e. The molecule has 2 aliphatic heterocycles. The molecule has 0 aromatic carbocycles. The molecule has 180 valence electrons. The SMILES string of the molecule is CC(C)(C)OC(=O)[C@H]1CCCN1C(=O)CC=CCC(=O)N1CCC[C@@H]1C(=O)OC(C)(C)C. The molecule has 0 saturated carbocycles. The Morgan fingerprint density at radius 2 is 1.06 bits per heavy atom. The average molecular weight is 451 g/mol. The minimum absolute atomic E-state index is 0.113. The topological polar surface area (TPSA) is 93.2 Å². The molecule has 0 unspecified atom stereocenters. The van der Waals surface area contributed by atoms with Gasteiger partial charge < -0.3 is 19.3 Å². The van der Waals surface area contributed by atoms with Crippen LogP contribution in [0.1, 0.15) is 80.1 Å². The maximum atomic E-state index is 12.6. The van der Waals surface area contributed by atoms with E-state index >= 15 is 0 Å². The molecule has 2 heterocycles. The van der Waals surface area contributed by atoms with Crippen LogP contribution in [0.5, 0.6) is 0 Å². The van der Waals surface area contributed by atoms with Crippen molar-refractivity contribution >= 4 is 23.8 Å². The number of hydrogen-bond acceptors (Lipinski definition) is 6. The van der Waals surface area contributed by atoms with Crippen LogP contribution in [-0.4, -0.2) is 69.9 Å². The van der Waals surface area contributed by atoms with Crippen LogP contribution >= 0.6 is 0 Å². The van der Waals surface area contributed by atoms with E-state index in [1.54, 1.807) is 63.5 Å². The summed E-state index contributed by atoms with van der Waals surface area (Å²) in [7, 11) is 0.